The number of hydrogen-bond donors (Lipinski definition) is 2. The Morgan fingerprint density at radius 2 is 2.00 bits per heavy atom. The number of halogens is 1. The summed E-state index contributed by atoms with van der Waals surface area (Å²) in [5.74, 6) is 0.937. The van der Waals surface area contributed by atoms with Crippen LogP contribution in [0.15, 0.2) is 34.7 Å². The molecule has 1 amide bonds. The summed E-state index contributed by atoms with van der Waals surface area (Å²) in [5.41, 5.74) is 0.841. The number of aliphatic hydroxyl groups is 1. The Labute approximate surface area is 128 Å². The Kier molecular flexibility index (Phi) is 4.40. The van der Waals surface area contributed by atoms with Gasteiger partial charge in [-0.15, -0.1) is 0 Å². The number of carbonyl (C=O) groups excluding carboxylic acids is 1. The van der Waals surface area contributed by atoms with E-state index in [2.05, 4.69) is 5.32 Å². The molecule has 0 aliphatic rings. The molecule has 2 aromatic rings. The summed E-state index contributed by atoms with van der Waals surface area (Å²) in [6.07, 6.45) is 0. The van der Waals surface area contributed by atoms with E-state index < -0.39 is 5.41 Å². The Morgan fingerprint density at radius 3 is 2.57 bits per heavy atom. The highest BCUT2D eigenvalue weighted by molar-refractivity contribution is 6.33. The van der Waals surface area contributed by atoms with Gasteiger partial charge in [-0.2, -0.15) is 0 Å². The molecule has 0 radical (unpaired) electrons. The van der Waals surface area contributed by atoms with Gasteiger partial charge in [-0.1, -0.05) is 32.4 Å². The molecule has 0 saturated carbocycles. The van der Waals surface area contributed by atoms with Crippen molar-refractivity contribution < 1.29 is 14.3 Å². The minimum absolute atomic E-state index is 0.0775. The first-order chi connectivity index (χ1) is 9.81. The number of amides is 1. The van der Waals surface area contributed by atoms with Crippen LogP contribution in [0, 0.1) is 5.41 Å². The van der Waals surface area contributed by atoms with Crippen LogP contribution in [0.3, 0.4) is 0 Å². The predicted molar refractivity (Wildman–Crippen MR) is 83.2 cm³/mol. The number of furan rings is 1. The molecule has 0 bridgehead atoms. The maximum absolute atomic E-state index is 12.0. The molecule has 1 heterocycles. The van der Waals surface area contributed by atoms with E-state index in [0.717, 1.165) is 0 Å². The fourth-order valence-corrected chi connectivity index (χ4v) is 1.93. The van der Waals surface area contributed by atoms with Crippen LogP contribution in [-0.4, -0.2) is 11.0 Å². The largest absolute Gasteiger partial charge is 0.459 e. The van der Waals surface area contributed by atoms with Gasteiger partial charge in [-0.05, 0) is 30.3 Å². The van der Waals surface area contributed by atoms with Crippen molar-refractivity contribution in [3.63, 3.8) is 0 Å². The molecule has 5 heteroatoms. The van der Waals surface area contributed by atoms with E-state index in [9.17, 15) is 4.79 Å². The standard InChI is InChI=1S/C16H18ClNO3/c1-16(2,3)15(20)18-10-4-6-13(17)12(8-10)14-7-5-11(9-19)21-14/h4-8,19H,9H2,1-3H3,(H,18,20). The Balaban J connectivity index is 2.31. The van der Waals surface area contributed by atoms with Crippen molar-refractivity contribution >= 4 is 23.2 Å². The summed E-state index contributed by atoms with van der Waals surface area (Å²) in [5, 5.41) is 12.4. The van der Waals surface area contributed by atoms with Crippen LogP contribution in [0.5, 0.6) is 0 Å². The molecule has 1 aromatic heterocycles. The highest BCUT2D eigenvalue weighted by atomic mass is 35.5. The zero-order valence-corrected chi connectivity index (χ0v) is 13.0. The first kappa shape index (κ1) is 15.6. The SMILES string of the molecule is CC(C)(C)C(=O)Nc1ccc(Cl)c(-c2ccc(CO)o2)c1. The molecule has 0 aliphatic carbocycles. The first-order valence-corrected chi connectivity index (χ1v) is 7.00. The number of carbonyl (C=O) groups is 1. The van der Waals surface area contributed by atoms with Gasteiger partial charge in [-0.25, -0.2) is 0 Å². The van der Waals surface area contributed by atoms with Crippen LogP contribution < -0.4 is 5.32 Å². The number of nitrogens with one attached hydrogen (secondary N) is 1. The van der Waals surface area contributed by atoms with E-state index in [1.54, 1.807) is 30.3 Å². The van der Waals surface area contributed by atoms with Gasteiger partial charge in [-0.3, -0.25) is 4.79 Å². The second kappa shape index (κ2) is 5.92. The lowest BCUT2D eigenvalue weighted by Gasteiger charge is -2.18. The van der Waals surface area contributed by atoms with E-state index in [0.29, 0.717) is 27.8 Å². The summed E-state index contributed by atoms with van der Waals surface area (Å²) in [4.78, 5) is 12.0. The molecule has 0 unspecified atom stereocenters. The Bertz CT molecular complexity index is 656. The van der Waals surface area contributed by atoms with Gasteiger partial charge < -0.3 is 14.8 Å². The van der Waals surface area contributed by atoms with Crippen LogP contribution in [0.25, 0.3) is 11.3 Å². The number of anilines is 1. The van der Waals surface area contributed by atoms with Crippen LogP contribution in [0.1, 0.15) is 26.5 Å². The van der Waals surface area contributed by atoms with Crippen molar-refractivity contribution in [3.8, 4) is 11.3 Å². The molecule has 0 spiro atoms. The summed E-state index contributed by atoms with van der Waals surface area (Å²) in [6, 6.07) is 8.63. The van der Waals surface area contributed by atoms with Crippen molar-refractivity contribution in [2.45, 2.75) is 27.4 Å². The third kappa shape index (κ3) is 3.65. The van der Waals surface area contributed by atoms with Gasteiger partial charge in [0.25, 0.3) is 0 Å². The van der Waals surface area contributed by atoms with E-state index in [1.807, 2.05) is 20.8 Å². The average Bonchev–Trinajstić information content (AvgIpc) is 2.88. The Morgan fingerprint density at radius 1 is 1.29 bits per heavy atom. The highest BCUT2D eigenvalue weighted by Gasteiger charge is 2.21. The number of hydrogen-bond acceptors (Lipinski definition) is 3. The smallest absolute Gasteiger partial charge is 0.229 e. The second-order valence-corrected chi connectivity index (χ2v) is 6.23. The van der Waals surface area contributed by atoms with Crippen LogP contribution in [0.4, 0.5) is 5.69 Å². The molecule has 0 fully saturated rings. The Hall–Kier alpha value is -1.78. The molecule has 0 saturated heterocycles. The maximum Gasteiger partial charge on any atom is 0.229 e. The second-order valence-electron chi connectivity index (χ2n) is 5.82. The molecule has 2 N–H and O–H groups in total. The fraction of sp³-hybridized carbons (Fsp3) is 0.312. The quantitative estimate of drug-likeness (QED) is 0.898. The molecule has 112 valence electrons. The normalized spacial score (nSPS) is 11.5. The minimum atomic E-state index is -0.478. The summed E-state index contributed by atoms with van der Waals surface area (Å²) in [7, 11) is 0. The van der Waals surface area contributed by atoms with Crippen LogP contribution >= 0.6 is 11.6 Å². The van der Waals surface area contributed by atoms with Crippen molar-refractivity contribution in [1.82, 2.24) is 0 Å². The molecular weight excluding hydrogens is 290 g/mol. The van der Waals surface area contributed by atoms with Gasteiger partial charge in [0.2, 0.25) is 5.91 Å². The van der Waals surface area contributed by atoms with Gasteiger partial charge in [0.05, 0.1) is 5.02 Å². The van der Waals surface area contributed by atoms with Gasteiger partial charge in [0.15, 0.2) is 0 Å². The molecule has 4 nitrogen and oxygen atoms in total. The molecule has 0 aliphatic heterocycles. The molecule has 2 rings (SSSR count). The third-order valence-electron chi connectivity index (χ3n) is 2.99. The summed E-state index contributed by atoms with van der Waals surface area (Å²) >= 11 is 6.17. The summed E-state index contributed by atoms with van der Waals surface area (Å²) in [6.45, 7) is 5.37. The maximum atomic E-state index is 12.0. The number of benzene rings is 1. The predicted octanol–water partition coefficient (Wildman–Crippen LogP) is 4.08. The van der Waals surface area contributed by atoms with E-state index in [1.165, 1.54) is 0 Å². The first-order valence-electron chi connectivity index (χ1n) is 6.62. The average molecular weight is 308 g/mol. The lowest BCUT2D eigenvalue weighted by atomic mass is 9.95. The van der Waals surface area contributed by atoms with E-state index >= 15 is 0 Å². The fourth-order valence-electron chi connectivity index (χ4n) is 1.72. The topological polar surface area (TPSA) is 62.5 Å². The lowest BCUT2D eigenvalue weighted by Crippen LogP contribution is -2.27. The van der Waals surface area contributed by atoms with E-state index in [-0.39, 0.29) is 12.5 Å². The van der Waals surface area contributed by atoms with Crippen LogP contribution in [-0.2, 0) is 11.4 Å². The third-order valence-corrected chi connectivity index (χ3v) is 3.32. The van der Waals surface area contributed by atoms with E-state index in [4.69, 9.17) is 21.1 Å². The minimum Gasteiger partial charge on any atom is -0.459 e. The van der Waals surface area contributed by atoms with Crippen LogP contribution in [0.2, 0.25) is 5.02 Å². The van der Waals surface area contributed by atoms with Gasteiger partial charge in [0.1, 0.15) is 18.1 Å². The van der Waals surface area contributed by atoms with Gasteiger partial charge in [0, 0.05) is 16.7 Å². The molecule has 0 atom stereocenters. The number of aliphatic hydroxyl groups excluding tert-OH is 1. The molecule has 21 heavy (non-hydrogen) atoms. The monoisotopic (exact) mass is 307 g/mol. The van der Waals surface area contributed by atoms with Gasteiger partial charge >= 0.3 is 0 Å². The zero-order valence-electron chi connectivity index (χ0n) is 12.2. The number of rotatable bonds is 3. The van der Waals surface area contributed by atoms with Crippen molar-refractivity contribution in [3.05, 3.63) is 41.1 Å². The van der Waals surface area contributed by atoms with Crippen molar-refractivity contribution in [2.24, 2.45) is 5.41 Å². The van der Waals surface area contributed by atoms with Crippen molar-refractivity contribution in [1.29, 1.82) is 0 Å². The molecular formula is C16H18ClNO3. The molecule has 1 aromatic carbocycles. The van der Waals surface area contributed by atoms with Crippen molar-refractivity contribution in [2.75, 3.05) is 5.32 Å². The summed E-state index contributed by atoms with van der Waals surface area (Å²) < 4.78 is 5.48. The lowest BCUT2D eigenvalue weighted by molar-refractivity contribution is -0.123. The zero-order chi connectivity index (χ0) is 15.6. The highest BCUT2D eigenvalue weighted by Crippen LogP contribution is 2.32.